The lowest BCUT2D eigenvalue weighted by Crippen LogP contribution is -2.18. The van der Waals surface area contributed by atoms with E-state index in [4.69, 9.17) is 0 Å². The molecule has 0 radical (unpaired) electrons. The Bertz CT molecular complexity index is 1440. The Morgan fingerprint density at radius 1 is 1.00 bits per heavy atom. The first-order chi connectivity index (χ1) is 16.7. The third-order valence-electron chi connectivity index (χ3n) is 6.76. The number of nitrogens with one attached hydrogen (secondary N) is 3. The third-order valence-corrected chi connectivity index (χ3v) is 6.76. The van der Waals surface area contributed by atoms with Gasteiger partial charge >= 0.3 is 0 Å². The highest BCUT2D eigenvalue weighted by Gasteiger charge is 2.17. The van der Waals surface area contributed by atoms with Crippen molar-refractivity contribution in [1.29, 1.82) is 0 Å². The van der Waals surface area contributed by atoms with Crippen LogP contribution in [0.3, 0.4) is 0 Å². The van der Waals surface area contributed by atoms with Crippen LogP contribution in [0, 0.1) is 5.92 Å². The van der Waals surface area contributed by atoms with Gasteiger partial charge in [0.2, 0.25) is 5.91 Å². The van der Waals surface area contributed by atoms with E-state index < -0.39 is 0 Å². The summed E-state index contributed by atoms with van der Waals surface area (Å²) in [7, 11) is 0. The van der Waals surface area contributed by atoms with Crippen LogP contribution in [0.5, 0.6) is 0 Å². The number of carbonyl (C=O) groups excluding carboxylic acids is 1. The summed E-state index contributed by atoms with van der Waals surface area (Å²) in [5, 5.41) is 11.7. The highest BCUT2D eigenvalue weighted by Crippen LogP contribution is 2.32. The maximum absolute atomic E-state index is 12.6. The van der Waals surface area contributed by atoms with Crippen LogP contribution in [0.15, 0.2) is 61.1 Å². The molecule has 1 saturated carbocycles. The SMILES string of the molecule is O=C(CC1CCCCC1)Nc1cncc(-c2ccc3[nH]nc(-c4cc5ncccc5[nH]4)c3c2)c1. The lowest BCUT2D eigenvalue weighted by atomic mass is 9.87. The van der Waals surface area contributed by atoms with E-state index in [0.717, 1.165) is 63.0 Å². The van der Waals surface area contributed by atoms with Gasteiger partial charge in [-0.25, -0.2) is 0 Å². The first-order valence-corrected chi connectivity index (χ1v) is 11.9. The van der Waals surface area contributed by atoms with E-state index in [1.807, 2.05) is 42.6 Å². The lowest BCUT2D eigenvalue weighted by Gasteiger charge is -2.20. The average molecular weight is 451 g/mol. The largest absolute Gasteiger partial charge is 0.352 e. The van der Waals surface area contributed by atoms with Gasteiger partial charge in [0.15, 0.2) is 0 Å². The molecule has 1 aliphatic carbocycles. The Morgan fingerprint density at radius 2 is 1.91 bits per heavy atom. The van der Waals surface area contributed by atoms with Gasteiger partial charge in [-0.05, 0) is 60.7 Å². The minimum Gasteiger partial charge on any atom is -0.352 e. The maximum atomic E-state index is 12.6. The average Bonchev–Trinajstić information content (AvgIpc) is 3.48. The molecule has 1 fully saturated rings. The van der Waals surface area contributed by atoms with Gasteiger partial charge in [-0.1, -0.05) is 25.3 Å². The molecule has 6 rings (SSSR count). The molecule has 0 spiro atoms. The number of aromatic amines is 2. The maximum Gasteiger partial charge on any atom is 0.224 e. The number of carbonyl (C=O) groups is 1. The number of rotatable bonds is 5. The van der Waals surface area contributed by atoms with Crippen molar-refractivity contribution in [1.82, 2.24) is 25.1 Å². The fourth-order valence-corrected chi connectivity index (χ4v) is 5.01. The Kier molecular flexibility index (Phi) is 5.30. The molecule has 4 aromatic heterocycles. The number of nitrogens with zero attached hydrogens (tertiary/aromatic N) is 3. The predicted molar refractivity (Wildman–Crippen MR) is 134 cm³/mol. The number of fused-ring (bicyclic) bond motifs is 2. The van der Waals surface area contributed by atoms with Crippen LogP contribution in [-0.4, -0.2) is 31.1 Å². The molecule has 170 valence electrons. The van der Waals surface area contributed by atoms with Crippen molar-refractivity contribution < 1.29 is 4.79 Å². The van der Waals surface area contributed by atoms with Gasteiger partial charge < -0.3 is 10.3 Å². The molecule has 0 atom stereocenters. The Morgan fingerprint density at radius 3 is 2.79 bits per heavy atom. The number of amides is 1. The molecule has 0 unspecified atom stereocenters. The fourth-order valence-electron chi connectivity index (χ4n) is 5.01. The third kappa shape index (κ3) is 4.05. The topological polar surface area (TPSA) is 99.3 Å². The molecule has 5 aromatic rings. The van der Waals surface area contributed by atoms with Crippen molar-refractivity contribution in [2.24, 2.45) is 5.92 Å². The number of hydrogen-bond donors (Lipinski definition) is 3. The zero-order valence-corrected chi connectivity index (χ0v) is 18.8. The molecule has 1 amide bonds. The molecule has 3 N–H and O–H groups in total. The normalized spacial score (nSPS) is 14.6. The molecular weight excluding hydrogens is 424 g/mol. The molecule has 0 saturated heterocycles. The van der Waals surface area contributed by atoms with Gasteiger partial charge in [-0.3, -0.25) is 19.9 Å². The van der Waals surface area contributed by atoms with Gasteiger partial charge in [-0.15, -0.1) is 0 Å². The Hall–Kier alpha value is -4.00. The summed E-state index contributed by atoms with van der Waals surface area (Å²) in [6, 6.07) is 14.1. The molecule has 0 aliphatic heterocycles. The summed E-state index contributed by atoms with van der Waals surface area (Å²) < 4.78 is 0. The van der Waals surface area contributed by atoms with Gasteiger partial charge in [0.25, 0.3) is 0 Å². The van der Waals surface area contributed by atoms with Crippen LogP contribution in [0.4, 0.5) is 5.69 Å². The van der Waals surface area contributed by atoms with Crippen LogP contribution >= 0.6 is 0 Å². The van der Waals surface area contributed by atoms with Crippen LogP contribution < -0.4 is 5.32 Å². The highest BCUT2D eigenvalue weighted by molar-refractivity contribution is 5.97. The Balaban J connectivity index is 1.27. The summed E-state index contributed by atoms with van der Waals surface area (Å²) in [4.78, 5) is 24.8. The highest BCUT2D eigenvalue weighted by atomic mass is 16.1. The standard InChI is InChI=1S/C27H26N6O/c34-26(11-17-5-2-1-3-6-17)30-20-12-19(15-28-16-20)18-8-9-22-21(13-18)27(33-32-22)25-14-24-23(31-25)7-4-10-29-24/h4,7-10,12-17,31H,1-3,5-6,11H2,(H,30,34)(H,32,33). The van der Waals surface area contributed by atoms with Crippen LogP contribution in [0.2, 0.25) is 0 Å². The summed E-state index contributed by atoms with van der Waals surface area (Å²) >= 11 is 0. The summed E-state index contributed by atoms with van der Waals surface area (Å²) in [5.74, 6) is 0.581. The number of H-pyrrole nitrogens is 2. The van der Waals surface area contributed by atoms with Gasteiger partial charge in [0, 0.05) is 29.8 Å². The van der Waals surface area contributed by atoms with Crippen LogP contribution in [0.25, 0.3) is 44.5 Å². The van der Waals surface area contributed by atoms with E-state index in [2.05, 4.69) is 36.5 Å². The molecule has 7 heteroatoms. The zero-order valence-electron chi connectivity index (χ0n) is 18.8. The van der Waals surface area contributed by atoms with E-state index in [1.165, 1.54) is 19.3 Å². The van der Waals surface area contributed by atoms with Gasteiger partial charge in [-0.2, -0.15) is 5.10 Å². The second-order valence-electron chi connectivity index (χ2n) is 9.17. The first-order valence-electron chi connectivity index (χ1n) is 11.9. The zero-order chi connectivity index (χ0) is 22.9. The van der Waals surface area contributed by atoms with Crippen molar-refractivity contribution in [3.8, 4) is 22.5 Å². The second-order valence-corrected chi connectivity index (χ2v) is 9.17. The molecule has 0 bridgehead atoms. The van der Waals surface area contributed by atoms with E-state index >= 15 is 0 Å². The number of aromatic nitrogens is 5. The van der Waals surface area contributed by atoms with E-state index in [0.29, 0.717) is 12.3 Å². The minimum absolute atomic E-state index is 0.0749. The Labute approximate surface area is 197 Å². The second kappa shape index (κ2) is 8.74. The minimum atomic E-state index is 0.0749. The van der Waals surface area contributed by atoms with Crippen molar-refractivity contribution >= 4 is 33.5 Å². The quantitative estimate of drug-likeness (QED) is 0.302. The molecule has 1 aliphatic rings. The molecule has 7 nitrogen and oxygen atoms in total. The first kappa shape index (κ1) is 20.6. The van der Waals surface area contributed by atoms with Crippen molar-refractivity contribution in [3.63, 3.8) is 0 Å². The number of benzene rings is 1. The summed E-state index contributed by atoms with van der Waals surface area (Å²) in [6.45, 7) is 0. The monoisotopic (exact) mass is 450 g/mol. The molecule has 1 aromatic carbocycles. The van der Waals surface area contributed by atoms with Crippen molar-refractivity contribution in [2.45, 2.75) is 38.5 Å². The molecule has 4 heterocycles. The van der Waals surface area contributed by atoms with Gasteiger partial charge in [0.1, 0.15) is 5.69 Å². The number of pyridine rings is 2. The predicted octanol–water partition coefficient (Wildman–Crippen LogP) is 6.08. The summed E-state index contributed by atoms with van der Waals surface area (Å²) in [5.41, 5.74) is 7.29. The van der Waals surface area contributed by atoms with Gasteiger partial charge in [0.05, 0.1) is 34.1 Å². The molecular formula is C27H26N6O. The van der Waals surface area contributed by atoms with E-state index in [-0.39, 0.29) is 5.91 Å². The van der Waals surface area contributed by atoms with Crippen molar-refractivity contribution in [3.05, 3.63) is 61.1 Å². The lowest BCUT2D eigenvalue weighted by molar-refractivity contribution is -0.117. The van der Waals surface area contributed by atoms with Crippen molar-refractivity contribution in [2.75, 3.05) is 5.32 Å². The van der Waals surface area contributed by atoms with Crippen LogP contribution in [0.1, 0.15) is 38.5 Å². The smallest absolute Gasteiger partial charge is 0.224 e. The van der Waals surface area contributed by atoms with E-state index in [9.17, 15) is 4.79 Å². The fraction of sp³-hybridized carbons (Fsp3) is 0.259. The summed E-state index contributed by atoms with van der Waals surface area (Å²) in [6.07, 6.45) is 12.0. The molecule has 34 heavy (non-hydrogen) atoms. The van der Waals surface area contributed by atoms with E-state index in [1.54, 1.807) is 12.4 Å². The van der Waals surface area contributed by atoms with Crippen LogP contribution in [-0.2, 0) is 4.79 Å². The number of anilines is 1. The number of hydrogen-bond acceptors (Lipinski definition) is 4.